The molecule has 0 saturated heterocycles. The molecule has 5 aromatic carbocycles. The summed E-state index contributed by atoms with van der Waals surface area (Å²) in [4.78, 5) is 2.42. The standard InChI is InChI=1S/C46H53BrClN/c1-43(2,3)32-20-16-30(17-21-32)40-26-35(46(10,11)12)27-41(31-18-22-33(23-19-31)44(4,5)6)42(40)49(38-15-13-14-37(48)29-38)39-25-34(45(7,8)9)24-36(47)28-39/h13-29H,1-12H3. The Labute approximate surface area is 309 Å². The highest BCUT2D eigenvalue weighted by Gasteiger charge is 2.28. The predicted octanol–water partition coefficient (Wildman–Crippen LogP) is 15.1. The highest BCUT2D eigenvalue weighted by molar-refractivity contribution is 9.10. The van der Waals surface area contributed by atoms with Crippen molar-refractivity contribution in [3.8, 4) is 22.3 Å². The predicted molar refractivity (Wildman–Crippen MR) is 220 cm³/mol. The summed E-state index contributed by atoms with van der Waals surface area (Å²) in [5, 5.41) is 0.701. The van der Waals surface area contributed by atoms with Crippen molar-refractivity contribution < 1.29 is 0 Å². The number of hydrogen-bond donors (Lipinski definition) is 0. The van der Waals surface area contributed by atoms with Crippen LogP contribution in [0.5, 0.6) is 0 Å². The van der Waals surface area contributed by atoms with Gasteiger partial charge in [0.1, 0.15) is 0 Å². The summed E-state index contributed by atoms with van der Waals surface area (Å²) >= 11 is 10.7. The summed E-state index contributed by atoms with van der Waals surface area (Å²) in [5.41, 5.74) is 13.1. The summed E-state index contributed by atoms with van der Waals surface area (Å²) < 4.78 is 1.04. The molecule has 5 rings (SSSR count). The molecule has 0 fully saturated rings. The third kappa shape index (κ3) is 8.35. The van der Waals surface area contributed by atoms with Gasteiger partial charge < -0.3 is 4.90 Å². The van der Waals surface area contributed by atoms with Crippen molar-refractivity contribution in [2.45, 2.75) is 105 Å². The number of nitrogens with zero attached hydrogens (tertiary/aromatic N) is 1. The Morgan fingerprint density at radius 3 is 1.29 bits per heavy atom. The van der Waals surface area contributed by atoms with Gasteiger partial charge in [-0.3, -0.25) is 0 Å². The molecule has 0 heterocycles. The summed E-state index contributed by atoms with van der Waals surface area (Å²) in [5.74, 6) is 0. The molecule has 0 amide bonds. The molecule has 256 valence electrons. The first-order chi connectivity index (χ1) is 22.6. The van der Waals surface area contributed by atoms with Gasteiger partial charge in [0.2, 0.25) is 0 Å². The molecular weight excluding hydrogens is 682 g/mol. The third-order valence-corrected chi connectivity index (χ3v) is 10.1. The maximum absolute atomic E-state index is 6.78. The van der Waals surface area contributed by atoms with E-state index >= 15 is 0 Å². The average molecular weight is 735 g/mol. The topological polar surface area (TPSA) is 3.24 Å². The number of anilines is 3. The number of hydrogen-bond acceptors (Lipinski definition) is 1. The molecule has 5 aromatic rings. The zero-order chi connectivity index (χ0) is 36.1. The Balaban J connectivity index is 1.96. The molecule has 0 aliphatic carbocycles. The Morgan fingerprint density at radius 2 is 0.878 bits per heavy atom. The van der Waals surface area contributed by atoms with Gasteiger partial charge in [-0.15, -0.1) is 0 Å². The van der Waals surface area contributed by atoms with Gasteiger partial charge in [0.25, 0.3) is 0 Å². The molecule has 3 heteroatoms. The minimum absolute atomic E-state index is 0.0497. The van der Waals surface area contributed by atoms with Crippen molar-refractivity contribution in [1.82, 2.24) is 0 Å². The quantitative estimate of drug-likeness (QED) is 0.174. The fraction of sp³-hybridized carbons (Fsp3) is 0.348. The lowest BCUT2D eigenvalue weighted by atomic mass is 9.80. The highest BCUT2D eigenvalue weighted by Crippen LogP contribution is 2.50. The normalized spacial score (nSPS) is 12.7. The van der Waals surface area contributed by atoms with Crippen LogP contribution in [0.1, 0.15) is 105 Å². The van der Waals surface area contributed by atoms with Crippen molar-refractivity contribution in [3.63, 3.8) is 0 Å². The van der Waals surface area contributed by atoms with Crippen molar-refractivity contribution >= 4 is 44.6 Å². The second-order valence-corrected chi connectivity index (χ2v) is 18.9. The SMILES string of the molecule is CC(C)(C)c1ccc(-c2cc(C(C)(C)C)cc(-c3ccc(C(C)(C)C)cc3)c2N(c2cccc(Cl)c2)c2cc(Br)cc(C(C)(C)C)c2)cc1. The van der Waals surface area contributed by atoms with Gasteiger partial charge in [-0.1, -0.05) is 165 Å². The number of benzene rings is 5. The van der Waals surface area contributed by atoms with E-state index in [2.05, 4.69) is 195 Å². The lowest BCUT2D eigenvalue weighted by molar-refractivity contribution is 0.589. The van der Waals surface area contributed by atoms with E-state index in [9.17, 15) is 0 Å². The van der Waals surface area contributed by atoms with Crippen molar-refractivity contribution in [2.75, 3.05) is 4.90 Å². The Kier molecular flexibility index (Phi) is 10.1. The Hall–Kier alpha value is -3.33. The smallest absolute Gasteiger partial charge is 0.0618 e. The molecule has 0 aliphatic rings. The van der Waals surface area contributed by atoms with Crippen molar-refractivity contribution in [1.29, 1.82) is 0 Å². The maximum atomic E-state index is 6.78. The summed E-state index contributed by atoms with van der Waals surface area (Å²) in [6.45, 7) is 27.4. The van der Waals surface area contributed by atoms with E-state index in [-0.39, 0.29) is 21.7 Å². The van der Waals surface area contributed by atoms with Crippen LogP contribution in [0.2, 0.25) is 5.02 Å². The van der Waals surface area contributed by atoms with Crippen LogP contribution in [0.25, 0.3) is 22.3 Å². The first-order valence-corrected chi connectivity index (χ1v) is 18.6. The van der Waals surface area contributed by atoms with E-state index < -0.39 is 0 Å². The third-order valence-electron chi connectivity index (χ3n) is 9.40. The van der Waals surface area contributed by atoms with E-state index in [1.54, 1.807) is 0 Å². The molecule has 0 N–H and O–H groups in total. The van der Waals surface area contributed by atoms with Gasteiger partial charge in [0.05, 0.1) is 5.69 Å². The van der Waals surface area contributed by atoms with E-state index in [0.29, 0.717) is 5.02 Å². The van der Waals surface area contributed by atoms with Crippen LogP contribution in [0.15, 0.2) is 108 Å². The zero-order valence-electron chi connectivity index (χ0n) is 31.5. The minimum Gasteiger partial charge on any atom is -0.309 e. The lowest BCUT2D eigenvalue weighted by Gasteiger charge is -2.34. The number of rotatable bonds is 5. The van der Waals surface area contributed by atoms with Gasteiger partial charge in [-0.2, -0.15) is 0 Å². The first-order valence-electron chi connectivity index (χ1n) is 17.4. The largest absolute Gasteiger partial charge is 0.309 e. The van der Waals surface area contributed by atoms with Crippen LogP contribution in [0, 0.1) is 0 Å². The molecule has 0 unspecified atom stereocenters. The molecule has 0 aromatic heterocycles. The molecule has 0 bridgehead atoms. The van der Waals surface area contributed by atoms with Gasteiger partial charge >= 0.3 is 0 Å². The molecule has 0 aliphatic heterocycles. The summed E-state index contributed by atoms with van der Waals surface area (Å²) in [6.07, 6.45) is 0. The maximum Gasteiger partial charge on any atom is 0.0618 e. The van der Waals surface area contributed by atoms with Crippen molar-refractivity contribution in [3.05, 3.63) is 135 Å². The highest BCUT2D eigenvalue weighted by atomic mass is 79.9. The fourth-order valence-corrected chi connectivity index (χ4v) is 6.87. The van der Waals surface area contributed by atoms with Gasteiger partial charge in [-0.25, -0.2) is 0 Å². The summed E-state index contributed by atoms with van der Waals surface area (Å²) in [7, 11) is 0. The molecule has 0 spiro atoms. The molecular formula is C46H53BrClN. The molecule has 0 saturated carbocycles. The zero-order valence-corrected chi connectivity index (χ0v) is 33.9. The molecule has 0 atom stereocenters. The molecule has 0 radical (unpaired) electrons. The second-order valence-electron chi connectivity index (χ2n) is 17.6. The Morgan fingerprint density at radius 1 is 0.449 bits per heavy atom. The lowest BCUT2D eigenvalue weighted by Crippen LogP contribution is -2.18. The van der Waals surface area contributed by atoms with Crippen LogP contribution in [0.3, 0.4) is 0 Å². The molecule has 1 nitrogen and oxygen atoms in total. The summed E-state index contributed by atoms with van der Waals surface area (Å²) in [6, 6.07) is 38.2. The van der Waals surface area contributed by atoms with E-state index in [0.717, 1.165) is 21.5 Å². The van der Waals surface area contributed by atoms with E-state index in [1.165, 1.54) is 44.5 Å². The number of halogens is 2. The first kappa shape index (κ1) is 36.9. The van der Waals surface area contributed by atoms with E-state index in [4.69, 9.17) is 11.6 Å². The van der Waals surface area contributed by atoms with Crippen LogP contribution in [-0.4, -0.2) is 0 Å². The van der Waals surface area contributed by atoms with Gasteiger partial charge in [0, 0.05) is 32.0 Å². The van der Waals surface area contributed by atoms with Gasteiger partial charge in [0.15, 0.2) is 0 Å². The second kappa shape index (κ2) is 13.4. The van der Waals surface area contributed by atoms with Crippen molar-refractivity contribution in [2.24, 2.45) is 0 Å². The average Bonchev–Trinajstić information content (AvgIpc) is 2.99. The van der Waals surface area contributed by atoms with Gasteiger partial charge in [-0.05, 0) is 104 Å². The van der Waals surface area contributed by atoms with E-state index in [1.807, 2.05) is 12.1 Å². The minimum atomic E-state index is -0.0746. The van der Waals surface area contributed by atoms with Crippen LogP contribution < -0.4 is 4.90 Å². The molecule has 49 heavy (non-hydrogen) atoms. The van der Waals surface area contributed by atoms with Crippen LogP contribution in [0.4, 0.5) is 17.1 Å². The monoisotopic (exact) mass is 733 g/mol. The van der Waals surface area contributed by atoms with Crippen LogP contribution in [-0.2, 0) is 21.7 Å². The fourth-order valence-electron chi connectivity index (χ4n) is 6.21. The Bertz CT molecular complexity index is 1860. The van der Waals surface area contributed by atoms with Crippen LogP contribution >= 0.6 is 27.5 Å².